The van der Waals surface area contributed by atoms with Crippen molar-refractivity contribution in [2.75, 3.05) is 24.6 Å². The lowest BCUT2D eigenvalue weighted by Crippen LogP contribution is -2.36. The van der Waals surface area contributed by atoms with Crippen LogP contribution in [0.2, 0.25) is 0 Å². The van der Waals surface area contributed by atoms with E-state index in [-0.39, 0.29) is 12.4 Å². The SMILES string of the molecule is NC(=NO)c1cc(F)ccc1N1CCC(CO)CC1. The predicted molar refractivity (Wildman–Crippen MR) is 70.9 cm³/mol. The lowest BCUT2D eigenvalue weighted by molar-refractivity contribution is 0.203. The molecule has 6 heteroatoms. The molecular weight excluding hydrogens is 249 g/mol. The average molecular weight is 267 g/mol. The van der Waals surface area contributed by atoms with Gasteiger partial charge in [0.25, 0.3) is 0 Å². The summed E-state index contributed by atoms with van der Waals surface area (Å²) in [6.07, 6.45) is 1.76. The van der Waals surface area contributed by atoms with Crippen LogP contribution < -0.4 is 10.6 Å². The number of nitrogens with zero attached hydrogens (tertiary/aromatic N) is 2. The smallest absolute Gasteiger partial charge is 0.172 e. The van der Waals surface area contributed by atoms with E-state index in [1.165, 1.54) is 12.1 Å². The first-order valence-electron chi connectivity index (χ1n) is 6.29. The zero-order valence-electron chi connectivity index (χ0n) is 10.6. The highest BCUT2D eigenvalue weighted by Gasteiger charge is 2.21. The molecule has 19 heavy (non-hydrogen) atoms. The number of oxime groups is 1. The third-order valence-electron chi connectivity index (χ3n) is 3.56. The molecule has 0 saturated carbocycles. The number of hydrogen-bond acceptors (Lipinski definition) is 4. The van der Waals surface area contributed by atoms with Gasteiger partial charge in [-0.05, 0) is 37.0 Å². The second-order valence-corrected chi connectivity index (χ2v) is 4.76. The van der Waals surface area contributed by atoms with Crippen LogP contribution in [0.25, 0.3) is 0 Å². The minimum absolute atomic E-state index is 0.0984. The fourth-order valence-corrected chi connectivity index (χ4v) is 2.40. The number of rotatable bonds is 3. The zero-order valence-corrected chi connectivity index (χ0v) is 10.6. The van der Waals surface area contributed by atoms with Crippen LogP contribution in [0, 0.1) is 11.7 Å². The van der Waals surface area contributed by atoms with Crippen molar-refractivity contribution in [1.29, 1.82) is 0 Å². The standard InChI is InChI=1S/C13H18FN3O2/c14-10-1-2-12(11(7-10)13(15)16-19)17-5-3-9(8-18)4-6-17/h1-2,7,9,18-19H,3-6,8H2,(H2,15,16). The van der Waals surface area contributed by atoms with Crippen LogP contribution in [0.5, 0.6) is 0 Å². The van der Waals surface area contributed by atoms with Crippen LogP contribution in [0.15, 0.2) is 23.4 Å². The molecule has 1 aliphatic heterocycles. The van der Waals surface area contributed by atoms with E-state index in [2.05, 4.69) is 10.1 Å². The molecule has 0 atom stereocenters. The summed E-state index contributed by atoms with van der Waals surface area (Å²) in [6.45, 7) is 1.73. The van der Waals surface area contributed by atoms with Crippen molar-refractivity contribution in [3.63, 3.8) is 0 Å². The molecule has 0 aliphatic carbocycles. The number of aliphatic hydroxyl groups is 1. The molecule has 1 aromatic carbocycles. The molecule has 1 heterocycles. The van der Waals surface area contributed by atoms with Gasteiger partial charge >= 0.3 is 0 Å². The fourth-order valence-electron chi connectivity index (χ4n) is 2.40. The lowest BCUT2D eigenvalue weighted by atomic mass is 9.96. The Labute approximate surface area is 111 Å². The van der Waals surface area contributed by atoms with Crippen LogP contribution >= 0.6 is 0 Å². The first-order valence-corrected chi connectivity index (χ1v) is 6.29. The summed E-state index contributed by atoms with van der Waals surface area (Å²) >= 11 is 0. The molecule has 2 rings (SSSR count). The summed E-state index contributed by atoms with van der Waals surface area (Å²) in [6, 6.07) is 4.27. The van der Waals surface area contributed by atoms with Crippen molar-refractivity contribution in [2.45, 2.75) is 12.8 Å². The van der Waals surface area contributed by atoms with Crippen LogP contribution in [-0.4, -0.2) is 35.8 Å². The summed E-state index contributed by atoms with van der Waals surface area (Å²) in [5.74, 6) is -0.196. The number of benzene rings is 1. The first kappa shape index (κ1) is 13.6. The van der Waals surface area contributed by atoms with Gasteiger partial charge in [-0.3, -0.25) is 0 Å². The average Bonchev–Trinajstić information content (AvgIpc) is 2.46. The third kappa shape index (κ3) is 2.96. The molecule has 5 nitrogen and oxygen atoms in total. The van der Waals surface area contributed by atoms with Gasteiger partial charge in [0.2, 0.25) is 0 Å². The molecule has 104 valence electrons. The van der Waals surface area contributed by atoms with Gasteiger partial charge in [-0.15, -0.1) is 0 Å². The van der Waals surface area contributed by atoms with E-state index in [0.717, 1.165) is 31.6 Å². The van der Waals surface area contributed by atoms with Gasteiger partial charge in [-0.2, -0.15) is 0 Å². The van der Waals surface area contributed by atoms with E-state index >= 15 is 0 Å². The van der Waals surface area contributed by atoms with Crippen molar-refractivity contribution < 1.29 is 14.7 Å². The second-order valence-electron chi connectivity index (χ2n) is 4.76. The molecule has 0 spiro atoms. The highest BCUT2D eigenvalue weighted by molar-refractivity contribution is 6.02. The molecular formula is C13H18FN3O2. The molecule has 0 radical (unpaired) electrons. The Bertz CT molecular complexity index is 471. The summed E-state index contributed by atoms with van der Waals surface area (Å²) in [5.41, 5.74) is 6.74. The molecule has 1 aromatic rings. The van der Waals surface area contributed by atoms with E-state index in [4.69, 9.17) is 16.0 Å². The van der Waals surface area contributed by atoms with Crippen LogP contribution in [-0.2, 0) is 0 Å². The largest absolute Gasteiger partial charge is 0.409 e. The maximum Gasteiger partial charge on any atom is 0.172 e. The summed E-state index contributed by atoms with van der Waals surface area (Å²) < 4.78 is 13.3. The van der Waals surface area contributed by atoms with Crippen molar-refractivity contribution in [2.24, 2.45) is 16.8 Å². The Morgan fingerprint density at radius 2 is 2.11 bits per heavy atom. The zero-order chi connectivity index (χ0) is 13.8. The number of aliphatic hydroxyl groups excluding tert-OH is 1. The highest BCUT2D eigenvalue weighted by Crippen LogP contribution is 2.26. The molecule has 4 N–H and O–H groups in total. The van der Waals surface area contributed by atoms with Crippen LogP contribution in [0.3, 0.4) is 0 Å². The van der Waals surface area contributed by atoms with E-state index in [0.29, 0.717) is 11.5 Å². The van der Waals surface area contributed by atoms with E-state index in [1.807, 2.05) is 0 Å². The molecule has 1 fully saturated rings. The molecule has 0 bridgehead atoms. The highest BCUT2D eigenvalue weighted by atomic mass is 19.1. The monoisotopic (exact) mass is 267 g/mol. The molecule has 0 unspecified atom stereocenters. The van der Waals surface area contributed by atoms with Crippen LogP contribution in [0.4, 0.5) is 10.1 Å². The number of halogens is 1. The first-order chi connectivity index (χ1) is 9.15. The summed E-state index contributed by atoms with van der Waals surface area (Å²) in [4.78, 5) is 2.07. The van der Waals surface area contributed by atoms with Crippen molar-refractivity contribution >= 4 is 11.5 Å². The Hall–Kier alpha value is -1.82. The maximum absolute atomic E-state index is 13.3. The van der Waals surface area contributed by atoms with Crippen molar-refractivity contribution in [3.8, 4) is 0 Å². The number of piperidine rings is 1. The Morgan fingerprint density at radius 3 is 2.68 bits per heavy atom. The normalized spacial score (nSPS) is 17.8. The van der Waals surface area contributed by atoms with Gasteiger partial charge < -0.3 is 20.9 Å². The number of hydrogen-bond donors (Lipinski definition) is 3. The maximum atomic E-state index is 13.3. The molecule has 1 aliphatic rings. The van der Waals surface area contributed by atoms with Crippen molar-refractivity contribution in [1.82, 2.24) is 0 Å². The lowest BCUT2D eigenvalue weighted by Gasteiger charge is -2.34. The Morgan fingerprint density at radius 1 is 1.42 bits per heavy atom. The summed E-state index contributed by atoms with van der Waals surface area (Å²) in [7, 11) is 0. The van der Waals surface area contributed by atoms with Gasteiger partial charge in [0.15, 0.2) is 5.84 Å². The number of amidine groups is 1. The second kappa shape index (κ2) is 5.88. The van der Waals surface area contributed by atoms with Gasteiger partial charge in [0.1, 0.15) is 5.82 Å². The molecule has 0 amide bonds. The number of nitrogens with two attached hydrogens (primary N) is 1. The van der Waals surface area contributed by atoms with E-state index in [1.54, 1.807) is 6.07 Å². The van der Waals surface area contributed by atoms with Gasteiger partial charge in [-0.25, -0.2) is 4.39 Å². The fraction of sp³-hybridized carbons (Fsp3) is 0.462. The molecule has 1 saturated heterocycles. The molecule has 0 aromatic heterocycles. The minimum Gasteiger partial charge on any atom is -0.409 e. The summed E-state index contributed by atoms with van der Waals surface area (Å²) in [5, 5.41) is 20.8. The van der Waals surface area contributed by atoms with Gasteiger partial charge in [0, 0.05) is 30.9 Å². The quantitative estimate of drug-likeness (QED) is 0.332. The van der Waals surface area contributed by atoms with E-state index in [9.17, 15) is 4.39 Å². The Balaban J connectivity index is 2.25. The topological polar surface area (TPSA) is 82.1 Å². The third-order valence-corrected chi connectivity index (χ3v) is 3.56. The number of anilines is 1. The van der Waals surface area contributed by atoms with E-state index < -0.39 is 5.82 Å². The predicted octanol–water partition coefficient (Wildman–Crippen LogP) is 1.13. The van der Waals surface area contributed by atoms with Gasteiger partial charge in [-0.1, -0.05) is 5.16 Å². The minimum atomic E-state index is -0.421. The van der Waals surface area contributed by atoms with Crippen molar-refractivity contribution in [3.05, 3.63) is 29.6 Å². The van der Waals surface area contributed by atoms with Crippen LogP contribution in [0.1, 0.15) is 18.4 Å². The van der Waals surface area contributed by atoms with Gasteiger partial charge in [0.05, 0.1) is 0 Å². The Kier molecular flexibility index (Phi) is 4.21.